The molecule has 2 N–H and O–H groups in total. The number of thiazole rings is 1. The molecule has 1 rings (SSSR count). The maximum atomic E-state index is 5.79. The van der Waals surface area contributed by atoms with Gasteiger partial charge in [0, 0.05) is 10.9 Å². The van der Waals surface area contributed by atoms with Crippen LogP contribution in [0.5, 0.6) is 0 Å². The van der Waals surface area contributed by atoms with Crippen LogP contribution in [0.1, 0.15) is 41.9 Å². The van der Waals surface area contributed by atoms with Crippen LogP contribution in [0.2, 0.25) is 0 Å². The van der Waals surface area contributed by atoms with Gasteiger partial charge in [-0.05, 0) is 26.7 Å². The molecule has 0 fully saturated rings. The third-order valence-electron chi connectivity index (χ3n) is 1.75. The highest BCUT2D eigenvalue weighted by Crippen LogP contribution is 2.23. The average molecular weight is 184 g/mol. The van der Waals surface area contributed by atoms with Crippen molar-refractivity contribution in [2.75, 3.05) is 0 Å². The lowest BCUT2D eigenvalue weighted by Gasteiger charge is -1.99. The van der Waals surface area contributed by atoms with Gasteiger partial charge in [0.2, 0.25) is 0 Å². The second-order valence-electron chi connectivity index (χ2n) is 3.10. The Balaban J connectivity index is 2.85. The zero-order chi connectivity index (χ0) is 9.14. The third kappa shape index (κ3) is 2.05. The molecule has 68 valence electrons. The fraction of sp³-hybridized carbons (Fsp3) is 0.667. The first-order valence-corrected chi connectivity index (χ1v) is 5.18. The van der Waals surface area contributed by atoms with Gasteiger partial charge in [-0.3, -0.25) is 0 Å². The van der Waals surface area contributed by atoms with E-state index in [-0.39, 0.29) is 6.04 Å². The average Bonchev–Trinajstić information content (AvgIpc) is 2.32. The summed E-state index contributed by atoms with van der Waals surface area (Å²) in [5, 5.41) is 1.22. The summed E-state index contributed by atoms with van der Waals surface area (Å²) in [7, 11) is 0. The summed E-state index contributed by atoms with van der Waals surface area (Å²) < 4.78 is 0. The standard InChI is InChI=1S/C9H16N2S/c1-4-5-8-11-7(3)9(12-8)6(2)10/h6H,4-5,10H2,1-3H3. The Bertz CT molecular complexity index is 253. The van der Waals surface area contributed by atoms with Crippen LogP contribution in [-0.2, 0) is 6.42 Å². The first-order chi connectivity index (χ1) is 5.65. The highest BCUT2D eigenvalue weighted by Gasteiger charge is 2.09. The van der Waals surface area contributed by atoms with Crippen molar-refractivity contribution in [1.29, 1.82) is 0 Å². The van der Waals surface area contributed by atoms with Gasteiger partial charge in [0.15, 0.2) is 0 Å². The van der Waals surface area contributed by atoms with Crippen LogP contribution in [-0.4, -0.2) is 4.98 Å². The summed E-state index contributed by atoms with van der Waals surface area (Å²) in [4.78, 5) is 5.69. The molecular formula is C9H16N2S. The Kier molecular flexibility index (Phi) is 3.23. The monoisotopic (exact) mass is 184 g/mol. The van der Waals surface area contributed by atoms with Gasteiger partial charge in [0.25, 0.3) is 0 Å². The van der Waals surface area contributed by atoms with E-state index in [2.05, 4.69) is 11.9 Å². The van der Waals surface area contributed by atoms with Gasteiger partial charge >= 0.3 is 0 Å². The molecule has 0 aliphatic carbocycles. The zero-order valence-corrected chi connectivity index (χ0v) is 8.74. The number of hydrogen-bond acceptors (Lipinski definition) is 3. The fourth-order valence-corrected chi connectivity index (χ4v) is 2.33. The van der Waals surface area contributed by atoms with E-state index in [9.17, 15) is 0 Å². The normalized spacial score (nSPS) is 13.3. The number of hydrogen-bond donors (Lipinski definition) is 1. The van der Waals surface area contributed by atoms with Crippen LogP contribution in [0.4, 0.5) is 0 Å². The van der Waals surface area contributed by atoms with Gasteiger partial charge in [-0.1, -0.05) is 6.92 Å². The van der Waals surface area contributed by atoms with Crippen molar-refractivity contribution in [3.8, 4) is 0 Å². The number of aryl methyl sites for hydroxylation is 2. The molecule has 0 aromatic carbocycles. The summed E-state index contributed by atoms with van der Waals surface area (Å²) in [6.07, 6.45) is 2.24. The molecule has 1 aromatic heterocycles. The highest BCUT2D eigenvalue weighted by molar-refractivity contribution is 7.11. The minimum Gasteiger partial charge on any atom is -0.323 e. The van der Waals surface area contributed by atoms with E-state index in [1.54, 1.807) is 11.3 Å². The second-order valence-corrected chi connectivity index (χ2v) is 4.21. The van der Waals surface area contributed by atoms with Crippen molar-refractivity contribution in [2.24, 2.45) is 5.73 Å². The maximum absolute atomic E-state index is 5.79. The first-order valence-electron chi connectivity index (χ1n) is 4.37. The number of rotatable bonds is 3. The van der Waals surface area contributed by atoms with Gasteiger partial charge in [0.1, 0.15) is 0 Å². The summed E-state index contributed by atoms with van der Waals surface area (Å²) in [5.41, 5.74) is 6.90. The second kappa shape index (κ2) is 4.01. The van der Waals surface area contributed by atoms with Gasteiger partial charge in [-0.15, -0.1) is 11.3 Å². The summed E-state index contributed by atoms with van der Waals surface area (Å²) in [5.74, 6) is 0. The van der Waals surface area contributed by atoms with E-state index >= 15 is 0 Å². The Hall–Kier alpha value is -0.410. The van der Waals surface area contributed by atoms with Crippen molar-refractivity contribution in [3.05, 3.63) is 15.6 Å². The molecular weight excluding hydrogens is 168 g/mol. The Morgan fingerprint density at radius 2 is 2.25 bits per heavy atom. The van der Waals surface area contributed by atoms with Crippen LogP contribution < -0.4 is 5.73 Å². The van der Waals surface area contributed by atoms with Crippen LogP contribution in [0.15, 0.2) is 0 Å². The molecule has 1 heterocycles. The quantitative estimate of drug-likeness (QED) is 0.783. The van der Waals surface area contributed by atoms with Gasteiger partial charge in [-0.25, -0.2) is 4.98 Å². The molecule has 1 atom stereocenters. The molecule has 0 aliphatic rings. The van der Waals surface area contributed by atoms with E-state index < -0.39 is 0 Å². The van der Waals surface area contributed by atoms with E-state index in [0.717, 1.165) is 18.5 Å². The topological polar surface area (TPSA) is 38.9 Å². The van der Waals surface area contributed by atoms with E-state index in [0.29, 0.717) is 0 Å². The highest BCUT2D eigenvalue weighted by atomic mass is 32.1. The predicted octanol–water partition coefficient (Wildman–Crippen LogP) is 2.42. The van der Waals surface area contributed by atoms with Gasteiger partial charge in [-0.2, -0.15) is 0 Å². The van der Waals surface area contributed by atoms with Crippen molar-refractivity contribution < 1.29 is 0 Å². The summed E-state index contributed by atoms with van der Waals surface area (Å²) in [6, 6.07) is 0.133. The molecule has 0 radical (unpaired) electrons. The van der Waals surface area contributed by atoms with Crippen LogP contribution in [0.3, 0.4) is 0 Å². The predicted molar refractivity (Wildman–Crippen MR) is 53.4 cm³/mol. The Morgan fingerprint density at radius 3 is 2.67 bits per heavy atom. The minimum atomic E-state index is 0.133. The molecule has 12 heavy (non-hydrogen) atoms. The van der Waals surface area contributed by atoms with Crippen LogP contribution >= 0.6 is 11.3 Å². The molecule has 2 nitrogen and oxygen atoms in total. The first kappa shape index (κ1) is 9.68. The summed E-state index contributed by atoms with van der Waals surface area (Å²) in [6.45, 7) is 6.22. The molecule has 1 aromatic rings. The lowest BCUT2D eigenvalue weighted by atomic mass is 10.2. The van der Waals surface area contributed by atoms with Crippen molar-refractivity contribution in [2.45, 2.75) is 39.7 Å². The molecule has 0 bridgehead atoms. The lowest BCUT2D eigenvalue weighted by molar-refractivity contribution is 0.823. The minimum absolute atomic E-state index is 0.133. The number of nitrogens with zero attached hydrogens (tertiary/aromatic N) is 1. The zero-order valence-electron chi connectivity index (χ0n) is 7.92. The molecule has 0 saturated carbocycles. The fourth-order valence-electron chi connectivity index (χ4n) is 1.21. The molecule has 0 spiro atoms. The molecule has 0 saturated heterocycles. The SMILES string of the molecule is CCCc1nc(C)c(C(C)N)s1. The summed E-state index contributed by atoms with van der Waals surface area (Å²) >= 11 is 1.76. The Labute approximate surface area is 77.8 Å². The van der Waals surface area contributed by atoms with Gasteiger partial charge < -0.3 is 5.73 Å². The van der Waals surface area contributed by atoms with Crippen LogP contribution in [0.25, 0.3) is 0 Å². The van der Waals surface area contributed by atoms with E-state index in [4.69, 9.17) is 5.73 Å². The van der Waals surface area contributed by atoms with Crippen LogP contribution in [0, 0.1) is 6.92 Å². The number of aromatic nitrogens is 1. The maximum Gasteiger partial charge on any atom is 0.0931 e. The molecule has 0 amide bonds. The van der Waals surface area contributed by atoms with Gasteiger partial charge in [0.05, 0.1) is 10.7 Å². The Morgan fingerprint density at radius 1 is 1.58 bits per heavy atom. The molecule has 0 aliphatic heterocycles. The third-order valence-corrected chi connectivity index (χ3v) is 3.17. The molecule has 3 heteroatoms. The number of nitrogens with two attached hydrogens (primary N) is 1. The lowest BCUT2D eigenvalue weighted by Crippen LogP contribution is -2.03. The molecule has 1 unspecified atom stereocenters. The van der Waals surface area contributed by atoms with E-state index in [1.165, 1.54) is 9.88 Å². The largest absolute Gasteiger partial charge is 0.323 e. The smallest absolute Gasteiger partial charge is 0.0931 e. The van der Waals surface area contributed by atoms with E-state index in [1.807, 2.05) is 13.8 Å². The van der Waals surface area contributed by atoms with Crippen molar-refractivity contribution in [3.63, 3.8) is 0 Å². The van der Waals surface area contributed by atoms with Crippen molar-refractivity contribution >= 4 is 11.3 Å². The van der Waals surface area contributed by atoms with Crippen molar-refractivity contribution in [1.82, 2.24) is 4.98 Å².